The SMILES string of the molecule is CC(=O)OC1CC[C@]2(C)[C@@H]3CC[C@]4(C)C(OC(C)=O)C(N5CCN(C)CC5)C[C@H]4[C@@H]3CC(N3CCN(C)CC3)C2(O)C1. The minimum absolute atomic E-state index is 0.0352. The number of esters is 2. The quantitative estimate of drug-likeness (QED) is 0.498. The van der Waals surface area contributed by atoms with Crippen LogP contribution in [0.25, 0.3) is 0 Å². The maximum absolute atomic E-state index is 13.0. The largest absolute Gasteiger partial charge is 0.462 e. The molecule has 6 aliphatic rings. The van der Waals surface area contributed by atoms with Crippen LogP contribution in [0.2, 0.25) is 0 Å². The number of likely N-dealkylation sites (N-methyl/N-ethyl adjacent to an activating group) is 2. The molecule has 0 aromatic carbocycles. The van der Waals surface area contributed by atoms with Crippen LogP contribution in [-0.4, -0.2) is 133 Å². The Balaban J connectivity index is 1.35. The van der Waals surface area contributed by atoms with Gasteiger partial charge in [0.1, 0.15) is 12.2 Å². The fourth-order valence-electron chi connectivity index (χ4n) is 11.0. The number of carbonyl (C=O) groups excluding carboxylic acids is 2. The van der Waals surface area contributed by atoms with Gasteiger partial charge in [-0.25, -0.2) is 0 Å². The van der Waals surface area contributed by atoms with Gasteiger partial charge in [0.15, 0.2) is 0 Å². The van der Waals surface area contributed by atoms with E-state index >= 15 is 0 Å². The summed E-state index contributed by atoms with van der Waals surface area (Å²) in [5, 5.41) is 13.0. The highest BCUT2D eigenvalue weighted by molar-refractivity contribution is 5.66. The van der Waals surface area contributed by atoms with Gasteiger partial charge < -0.3 is 24.4 Å². The van der Waals surface area contributed by atoms with Crippen molar-refractivity contribution in [2.24, 2.45) is 28.6 Å². The number of hydrogen-bond donors (Lipinski definition) is 1. The van der Waals surface area contributed by atoms with Crippen molar-refractivity contribution < 1.29 is 24.2 Å². The van der Waals surface area contributed by atoms with Gasteiger partial charge in [0.25, 0.3) is 0 Å². The second kappa shape index (κ2) is 11.3. The molecular weight excluding hydrogens is 532 g/mol. The van der Waals surface area contributed by atoms with Gasteiger partial charge >= 0.3 is 11.9 Å². The number of fused-ring (bicyclic) bond motifs is 5. The number of hydrogen-bond acceptors (Lipinski definition) is 9. The molecule has 0 bridgehead atoms. The Hall–Kier alpha value is -1.26. The van der Waals surface area contributed by atoms with Gasteiger partial charge in [0.2, 0.25) is 0 Å². The molecule has 0 radical (unpaired) electrons. The van der Waals surface area contributed by atoms with Crippen molar-refractivity contribution in [2.75, 3.05) is 66.5 Å². The summed E-state index contributed by atoms with van der Waals surface area (Å²) in [4.78, 5) is 34.5. The van der Waals surface area contributed by atoms with E-state index in [1.54, 1.807) is 6.92 Å². The summed E-state index contributed by atoms with van der Waals surface area (Å²) in [7, 11) is 4.38. The molecular formula is C33H56N4O5. The third kappa shape index (κ3) is 5.03. The maximum atomic E-state index is 13.0. The molecule has 0 aromatic rings. The molecule has 1 N–H and O–H groups in total. The van der Waals surface area contributed by atoms with Crippen molar-refractivity contribution in [1.82, 2.24) is 19.6 Å². The number of rotatable bonds is 4. The lowest BCUT2D eigenvalue weighted by atomic mass is 9.42. The minimum atomic E-state index is -0.902. The average Bonchev–Trinajstić information content (AvgIpc) is 3.21. The molecule has 0 aromatic heterocycles. The van der Waals surface area contributed by atoms with Crippen LogP contribution in [0.15, 0.2) is 0 Å². The van der Waals surface area contributed by atoms with Crippen molar-refractivity contribution in [1.29, 1.82) is 0 Å². The van der Waals surface area contributed by atoms with E-state index in [0.717, 1.165) is 90.9 Å². The van der Waals surface area contributed by atoms with E-state index in [9.17, 15) is 14.7 Å². The van der Waals surface area contributed by atoms with Crippen LogP contribution in [0.4, 0.5) is 0 Å². The van der Waals surface area contributed by atoms with E-state index in [4.69, 9.17) is 9.47 Å². The van der Waals surface area contributed by atoms with Gasteiger partial charge in [-0.2, -0.15) is 0 Å². The van der Waals surface area contributed by atoms with Crippen LogP contribution in [0, 0.1) is 28.6 Å². The molecule has 6 fully saturated rings. The molecule has 6 rings (SSSR count). The Morgan fingerprint density at radius 1 is 0.762 bits per heavy atom. The lowest BCUT2D eigenvalue weighted by molar-refractivity contribution is -0.255. The zero-order valence-electron chi connectivity index (χ0n) is 27.0. The minimum Gasteiger partial charge on any atom is -0.462 e. The molecule has 9 nitrogen and oxygen atoms in total. The van der Waals surface area contributed by atoms with Crippen LogP contribution >= 0.6 is 0 Å². The van der Waals surface area contributed by atoms with Crippen LogP contribution in [0.5, 0.6) is 0 Å². The number of ether oxygens (including phenoxy) is 2. The molecule has 0 spiro atoms. The second-order valence-corrected chi connectivity index (χ2v) is 15.5. The standard InChI is InChI=1S/C33H56N4O5/c1-22(38)41-24-7-10-32(4)26-8-9-31(3)27(20-28(30(31)42-23(2)39)36-15-11-34(5)12-16-36)25(26)19-29(33(32,40)21-24)37-17-13-35(6)14-18-37/h24-30,40H,7-21H2,1-6H3/t24?,25-,26-,27+,28?,29?,30?,31+,32-,33?/m1/s1. The van der Waals surface area contributed by atoms with E-state index in [-0.39, 0.29) is 47.1 Å². The summed E-state index contributed by atoms with van der Waals surface area (Å²) in [6.45, 7) is 15.9. The van der Waals surface area contributed by atoms with Gasteiger partial charge in [-0.1, -0.05) is 13.8 Å². The van der Waals surface area contributed by atoms with Crippen LogP contribution in [0.1, 0.15) is 72.6 Å². The van der Waals surface area contributed by atoms with Gasteiger partial charge in [-0.3, -0.25) is 19.4 Å². The molecule has 2 saturated heterocycles. The summed E-state index contributed by atoms with van der Waals surface area (Å²) < 4.78 is 12.1. The third-order valence-electron chi connectivity index (χ3n) is 13.4. The maximum Gasteiger partial charge on any atom is 0.302 e. The fraction of sp³-hybridized carbons (Fsp3) is 0.939. The first-order chi connectivity index (χ1) is 19.9. The van der Waals surface area contributed by atoms with Gasteiger partial charge in [0, 0.05) is 95.5 Å². The summed E-state index contributed by atoms with van der Waals surface area (Å²) >= 11 is 0. The first-order valence-corrected chi connectivity index (χ1v) is 16.8. The predicted molar refractivity (Wildman–Crippen MR) is 161 cm³/mol. The number of nitrogens with zero attached hydrogens (tertiary/aromatic N) is 4. The molecule has 4 saturated carbocycles. The van der Waals surface area contributed by atoms with Crippen molar-refractivity contribution in [3.8, 4) is 0 Å². The highest BCUT2D eigenvalue weighted by Gasteiger charge is 2.70. The van der Waals surface area contributed by atoms with Crippen molar-refractivity contribution in [3.63, 3.8) is 0 Å². The predicted octanol–water partition coefficient (Wildman–Crippen LogP) is 2.46. The lowest BCUT2D eigenvalue weighted by Crippen LogP contribution is -2.73. The summed E-state index contributed by atoms with van der Waals surface area (Å²) in [5.41, 5.74) is -1.21. The third-order valence-corrected chi connectivity index (χ3v) is 13.4. The Kier molecular flexibility index (Phi) is 8.25. The Bertz CT molecular complexity index is 1030. The fourth-order valence-corrected chi connectivity index (χ4v) is 11.0. The van der Waals surface area contributed by atoms with Crippen molar-refractivity contribution in [2.45, 2.75) is 103 Å². The smallest absolute Gasteiger partial charge is 0.302 e. The summed E-state index contributed by atoms with van der Waals surface area (Å²) in [6.07, 6.45) is 6.05. The van der Waals surface area contributed by atoms with Gasteiger partial charge in [0.05, 0.1) is 5.60 Å². The number of aliphatic hydroxyl groups is 1. The van der Waals surface area contributed by atoms with E-state index in [2.05, 4.69) is 47.5 Å². The first-order valence-electron chi connectivity index (χ1n) is 16.8. The van der Waals surface area contributed by atoms with Crippen LogP contribution < -0.4 is 0 Å². The monoisotopic (exact) mass is 588 g/mol. The normalized spacial score (nSPS) is 47.3. The van der Waals surface area contributed by atoms with Crippen molar-refractivity contribution >= 4 is 11.9 Å². The molecule has 0 amide bonds. The van der Waals surface area contributed by atoms with E-state index < -0.39 is 5.60 Å². The highest BCUT2D eigenvalue weighted by Crippen LogP contribution is 2.68. The molecule has 9 heteroatoms. The molecule has 2 heterocycles. The first kappa shape index (κ1) is 30.8. The Labute approximate surface area is 253 Å². The molecule has 2 aliphatic heterocycles. The zero-order valence-corrected chi connectivity index (χ0v) is 27.0. The summed E-state index contributed by atoms with van der Waals surface area (Å²) in [6, 6.07) is 0.291. The number of piperazine rings is 2. The Morgan fingerprint density at radius 2 is 1.36 bits per heavy atom. The van der Waals surface area contributed by atoms with Crippen LogP contribution in [0.3, 0.4) is 0 Å². The van der Waals surface area contributed by atoms with Crippen LogP contribution in [-0.2, 0) is 19.1 Å². The van der Waals surface area contributed by atoms with Gasteiger partial charge in [-0.05, 0) is 70.4 Å². The van der Waals surface area contributed by atoms with E-state index in [1.165, 1.54) is 6.92 Å². The molecule has 238 valence electrons. The zero-order chi connectivity index (χ0) is 30.0. The molecule has 4 aliphatic carbocycles. The topological polar surface area (TPSA) is 85.8 Å². The molecule has 5 unspecified atom stereocenters. The number of carbonyl (C=O) groups is 2. The summed E-state index contributed by atoms with van der Waals surface area (Å²) in [5.74, 6) is 0.925. The average molecular weight is 589 g/mol. The molecule has 10 atom stereocenters. The van der Waals surface area contributed by atoms with E-state index in [0.29, 0.717) is 24.2 Å². The molecule has 42 heavy (non-hydrogen) atoms. The highest BCUT2D eigenvalue weighted by atomic mass is 16.5. The lowest BCUT2D eigenvalue weighted by Gasteiger charge is -2.67. The second-order valence-electron chi connectivity index (χ2n) is 15.5. The van der Waals surface area contributed by atoms with E-state index in [1.807, 2.05) is 0 Å². The van der Waals surface area contributed by atoms with Gasteiger partial charge in [-0.15, -0.1) is 0 Å². The Morgan fingerprint density at radius 3 is 1.95 bits per heavy atom. The van der Waals surface area contributed by atoms with Crippen molar-refractivity contribution in [3.05, 3.63) is 0 Å².